The Morgan fingerprint density at radius 3 is 1.24 bits per heavy atom. The number of carboxylic acids is 2. The first-order valence-corrected chi connectivity index (χ1v) is 17.4. The van der Waals surface area contributed by atoms with Gasteiger partial charge in [0.05, 0.1) is 24.2 Å². The lowest BCUT2D eigenvalue weighted by Gasteiger charge is -2.38. The van der Waals surface area contributed by atoms with Gasteiger partial charge >= 0.3 is 17.9 Å². The lowest BCUT2D eigenvalue weighted by atomic mass is 9.88. The molecule has 0 amide bonds. The van der Waals surface area contributed by atoms with E-state index in [0.29, 0.717) is 65.4 Å². The Bertz CT molecular complexity index is 1290. The van der Waals surface area contributed by atoms with Crippen molar-refractivity contribution in [3.05, 3.63) is 34.9 Å². The summed E-state index contributed by atoms with van der Waals surface area (Å²) in [6.07, 6.45) is -1.03. The minimum Gasteiger partial charge on any atom is -0.478 e. The highest BCUT2D eigenvalue weighted by atomic mass is 17.1. The van der Waals surface area contributed by atoms with Gasteiger partial charge in [-0.3, -0.25) is 39.7 Å². The quantitative estimate of drug-likeness (QED) is 0.0998. The van der Waals surface area contributed by atoms with E-state index in [1.807, 2.05) is 51.3 Å². The van der Waals surface area contributed by atoms with Crippen LogP contribution >= 0.6 is 0 Å². The molecule has 0 radical (unpaired) electrons. The van der Waals surface area contributed by atoms with Crippen LogP contribution in [0.3, 0.4) is 0 Å². The van der Waals surface area contributed by atoms with Crippen LogP contribution in [0.2, 0.25) is 0 Å². The molecule has 0 spiro atoms. The third-order valence-corrected chi connectivity index (χ3v) is 8.85. The van der Waals surface area contributed by atoms with Gasteiger partial charge in [0, 0.05) is 71.0 Å². The van der Waals surface area contributed by atoms with Crippen molar-refractivity contribution in [2.75, 3.05) is 78.5 Å². The molecular formula is C36H60N4O11. The number of benzene rings is 1. The molecule has 290 valence electrons. The van der Waals surface area contributed by atoms with Gasteiger partial charge in [0.15, 0.2) is 5.78 Å². The maximum atomic E-state index is 13.6. The van der Waals surface area contributed by atoms with Crippen LogP contribution in [0.25, 0.3) is 0 Å². The highest BCUT2D eigenvalue weighted by molar-refractivity contribution is 6.03. The number of ketones is 1. The van der Waals surface area contributed by atoms with Gasteiger partial charge in [-0.1, -0.05) is 41.5 Å². The second-order valence-corrected chi connectivity index (χ2v) is 16.5. The van der Waals surface area contributed by atoms with Crippen LogP contribution in [0, 0.1) is 10.8 Å². The topological polar surface area (TPSA) is 190 Å². The first-order valence-electron chi connectivity index (χ1n) is 17.4. The summed E-state index contributed by atoms with van der Waals surface area (Å²) >= 11 is 0. The van der Waals surface area contributed by atoms with Crippen LogP contribution in [0.4, 0.5) is 0 Å². The third-order valence-electron chi connectivity index (χ3n) is 8.85. The van der Waals surface area contributed by atoms with Crippen molar-refractivity contribution in [3.63, 3.8) is 0 Å². The Morgan fingerprint density at radius 1 is 0.588 bits per heavy atom. The summed E-state index contributed by atoms with van der Waals surface area (Å²) in [4.78, 5) is 68.0. The van der Waals surface area contributed by atoms with Crippen LogP contribution in [0.1, 0.15) is 93.4 Å². The second-order valence-electron chi connectivity index (χ2n) is 16.5. The van der Waals surface area contributed by atoms with E-state index in [4.69, 9.17) is 14.5 Å². The predicted octanol–water partition coefficient (Wildman–Crippen LogP) is 3.64. The van der Waals surface area contributed by atoms with E-state index in [9.17, 15) is 39.9 Å². The molecule has 1 heterocycles. The fourth-order valence-electron chi connectivity index (χ4n) is 5.55. The van der Waals surface area contributed by atoms with Crippen LogP contribution in [-0.4, -0.2) is 160 Å². The monoisotopic (exact) mass is 724 g/mol. The van der Waals surface area contributed by atoms with Gasteiger partial charge in [-0.05, 0) is 49.8 Å². The molecule has 4 N–H and O–H groups in total. The number of aromatic carboxylic acids is 2. The van der Waals surface area contributed by atoms with Crippen LogP contribution in [0.15, 0.2) is 18.2 Å². The van der Waals surface area contributed by atoms with Gasteiger partial charge < -0.3 is 14.9 Å². The number of nitrogens with zero attached hydrogens (tertiary/aromatic N) is 4. The number of rotatable bonds is 13. The van der Waals surface area contributed by atoms with Crippen LogP contribution in [-0.2, 0) is 19.3 Å². The van der Waals surface area contributed by atoms with Gasteiger partial charge in [-0.15, -0.1) is 0 Å². The standard InChI is InChI=1S/C36H60N4O11/c1-34(2,3)29(50-47)22-38-12-10-37(21-28(41)25-18-26(32(43)44)20-27(19-25)33(45)46)11-16-40(24-31(42)49-36(7,8)9)17-15-39(14-13-38)23-30(51-48)35(4,5)6/h18-20,29-30,47-48H,10-17,21-24H2,1-9H3,(H,43,44)(H,45,46). The smallest absolute Gasteiger partial charge is 0.335 e. The lowest BCUT2D eigenvalue weighted by Crippen LogP contribution is -2.51. The van der Waals surface area contributed by atoms with E-state index >= 15 is 0 Å². The number of hydrogen-bond acceptors (Lipinski definition) is 13. The Kier molecular flexibility index (Phi) is 16.6. The van der Waals surface area contributed by atoms with Gasteiger partial charge in [-0.25, -0.2) is 19.4 Å². The average Bonchev–Trinajstić information content (AvgIpc) is 3.00. The van der Waals surface area contributed by atoms with Crippen molar-refractivity contribution in [2.24, 2.45) is 10.8 Å². The predicted molar refractivity (Wildman–Crippen MR) is 190 cm³/mol. The van der Waals surface area contributed by atoms with Crippen molar-refractivity contribution >= 4 is 23.7 Å². The zero-order valence-corrected chi connectivity index (χ0v) is 31.8. The maximum Gasteiger partial charge on any atom is 0.335 e. The normalized spacial score (nSPS) is 18.3. The molecule has 0 bridgehead atoms. The molecule has 0 aromatic heterocycles. The number of carbonyl (C=O) groups is 4. The summed E-state index contributed by atoms with van der Waals surface area (Å²) in [5, 5.41) is 38.7. The number of esters is 1. The summed E-state index contributed by atoms with van der Waals surface area (Å²) in [7, 11) is 0. The van der Waals surface area contributed by atoms with Crippen molar-refractivity contribution < 1.29 is 54.4 Å². The maximum absolute atomic E-state index is 13.6. The van der Waals surface area contributed by atoms with Crippen molar-refractivity contribution in [2.45, 2.75) is 80.1 Å². The summed E-state index contributed by atoms with van der Waals surface area (Å²) in [6, 6.07) is 3.37. The highest BCUT2D eigenvalue weighted by Gasteiger charge is 2.32. The molecule has 1 fully saturated rings. The molecule has 15 heteroatoms. The number of Topliss-reactive ketones (excluding diaryl/α,β-unsaturated/α-hetero) is 1. The largest absolute Gasteiger partial charge is 0.478 e. The minimum atomic E-state index is -1.35. The molecule has 1 aliphatic heterocycles. The molecule has 2 unspecified atom stereocenters. The molecule has 0 aliphatic carbocycles. The minimum absolute atomic E-state index is 0.00194. The van der Waals surface area contributed by atoms with E-state index < -0.39 is 46.9 Å². The number of carboxylic acid groups (broad SMARTS) is 2. The fraction of sp³-hybridized carbons (Fsp3) is 0.722. The van der Waals surface area contributed by atoms with Gasteiger partial charge in [0.2, 0.25) is 0 Å². The first-order chi connectivity index (χ1) is 23.5. The zero-order chi connectivity index (χ0) is 38.7. The molecule has 1 aromatic rings. The molecule has 2 atom stereocenters. The summed E-state index contributed by atoms with van der Waals surface area (Å²) in [5.74, 6) is -3.54. The van der Waals surface area contributed by atoms with E-state index in [0.717, 1.165) is 6.07 Å². The van der Waals surface area contributed by atoms with E-state index in [1.165, 1.54) is 12.1 Å². The van der Waals surface area contributed by atoms with Crippen LogP contribution in [0.5, 0.6) is 0 Å². The third kappa shape index (κ3) is 15.6. The molecule has 1 saturated heterocycles. The Balaban J connectivity index is 2.47. The zero-order valence-electron chi connectivity index (χ0n) is 31.8. The Labute approximate surface area is 301 Å². The van der Waals surface area contributed by atoms with E-state index in [1.54, 1.807) is 20.8 Å². The fourth-order valence-corrected chi connectivity index (χ4v) is 5.55. The molecule has 15 nitrogen and oxygen atoms in total. The molecule has 1 aromatic carbocycles. The van der Waals surface area contributed by atoms with Crippen molar-refractivity contribution in [1.29, 1.82) is 0 Å². The molecule has 1 aliphatic rings. The van der Waals surface area contributed by atoms with E-state index in [2.05, 4.69) is 9.80 Å². The summed E-state index contributed by atoms with van der Waals surface area (Å²) in [6.45, 7) is 21.5. The number of carbonyl (C=O) groups excluding carboxylic acids is 2. The Hall–Kier alpha value is -3.02. The molecule has 51 heavy (non-hydrogen) atoms. The van der Waals surface area contributed by atoms with Crippen LogP contribution < -0.4 is 0 Å². The highest BCUT2D eigenvalue weighted by Crippen LogP contribution is 2.24. The molecule has 0 saturated carbocycles. The second kappa shape index (κ2) is 19.2. The SMILES string of the molecule is CC(C)(C)OC(=O)CN1CCN(CC(=O)c2cc(C(=O)O)cc(C(=O)O)c2)CCN(CC(OO)C(C)(C)C)CCN(CC(OO)C(C)(C)C)CC1. The lowest BCUT2D eigenvalue weighted by molar-refractivity contribution is -0.303. The van der Waals surface area contributed by atoms with Gasteiger partial charge in [-0.2, -0.15) is 0 Å². The average molecular weight is 725 g/mol. The van der Waals surface area contributed by atoms with Gasteiger partial charge in [0.1, 0.15) is 17.8 Å². The van der Waals surface area contributed by atoms with Crippen molar-refractivity contribution in [1.82, 2.24) is 19.6 Å². The van der Waals surface area contributed by atoms with E-state index in [-0.39, 0.29) is 35.2 Å². The van der Waals surface area contributed by atoms with Crippen molar-refractivity contribution in [3.8, 4) is 0 Å². The molecular weight excluding hydrogens is 664 g/mol. The molecule has 2 rings (SSSR count). The summed E-state index contributed by atoms with van der Waals surface area (Å²) < 4.78 is 5.62. The Morgan fingerprint density at radius 2 is 0.922 bits per heavy atom. The van der Waals surface area contributed by atoms with Gasteiger partial charge in [0.25, 0.3) is 0 Å². The number of hydrogen-bond donors (Lipinski definition) is 4. The summed E-state index contributed by atoms with van der Waals surface area (Å²) in [5.41, 5.74) is -2.07. The first kappa shape index (κ1) is 44.1. The number of ether oxygens (including phenoxy) is 1.